The van der Waals surface area contributed by atoms with E-state index in [1.807, 2.05) is 0 Å². The number of nitrogens with one attached hydrogen (secondary N) is 2. The molecule has 2 N–H and O–H groups in total. The average Bonchev–Trinajstić information content (AvgIpc) is 2.40. The van der Waals surface area contributed by atoms with Crippen molar-refractivity contribution in [3.05, 3.63) is 53.9 Å². The highest BCUT2D eigenvalue weighted by Crippen LogP contribution is 2.15. The number of carbonyl (C=O) groups excluding carboxylic acids is 1. The molecule has 0 atom stereocenters. The van der Waals surface area contributed by atoms with Crippen molar-refractivity contribution in [1.29, 1.82) is 0 Å². The van der Waals surface area contributed by atoms with Gasteiger partial charge in [0, 0.05) is 17.4 Å². The Labute approximate surface area is 123 Å². The molecule has 21 heavy (non-hydrogen) atoms. The van der Waals surface area contributed by atoms with Crippen LogP contribution in [-0.4, -0.2) is 25.6 Å². The van der Waals surface area contributed by atoms with Crippen LogP contribution in [0.25, 0.3) is 0 Å². The van der Waals surface area contributed by atoms with E-state index in [9.17, 15) is 13.2 Å². The molecule has 0 aliphatic rings. The molecule has 0 aliphatic carbocycles. The first kappa shape index (κ1) is 15.0. The van der Waals surface area contributed by atoms with Crippen LogP contribution in [0.3, 0.4) is 0 Å². The van der Waals surface area contributed by atoms with Crippen molar-refractivity contribution in [3.63, 3.8) is 0 Å². The maximum Gasteiger partial charge on any atom is 0.255 e. The topological polar surface area (TPSA) is 88.2 Å². The van der Waals surface area contributed by atoms with Crippen LogP contribution in [-0.2, 0) is 10.0 Å². The summed E-state index contributed by atoms with van der Waals surface area (Å²) >= 11 is 0. The molecule has 0 fully saturated rings. The number of pyridine rings is 1. The van der Waals surface area contributed by atoms with E-state index in [-0.39, 0.29) is 5.91 Å². The van der Waals surface area contributed by atoms with Gasteiger partial charge >= 0.3 is 0 Å². The summed E-state index contributed by atoms with van der Waals surface area (Å²) in [5.74, 6) is -0.281. The molecule has 1 heterocycles. The standard InChI is InChI=1S/C14H15N3O3S/c1-10-13(4-3-9-15-10)16-14(18)11-5-7-12(8-6-11)17-21(2,19)20/h3-9,17H,1-2H3,(H,16,18). The quantitative estimate of drug-likeness (QED) is 0.904. The summed E-state index contributed by atoms with van der Waals surface area (Å²) in [6.45, 7) is 1.80. The van der Waals surface area contributed by atoms with Crippen LogP contribution >= 0.6 is 0 Å². The number of amides is 1. The van der Waals surface area contributed by atoms with Crippen molar-refractivity contribution in [3.8, 4) is 0 Å². The van der Waals surface area contributed by atoms with Crippen molar-refractivity contribution >= 4 is 27.3 Å². The van der Waals surface area contributed by atoms with Gasteiger partial charge in [-0.15, -0.1) is 0 Å². The predicted molar refractivity (Wildman–Crippen MR) is 81.8 cm³/mol. The van der Waals surface area contributed by atoms with E-state index in [1.165, 1.54) is 12.1 Å². The highest BCUT2D eigenvalue weighted by Gasteiger charge is 2.08. The fourth-order valence-electron chi connectivity index (χ4n) is 1.71. The van der Waals surface area contributed by atoms with Gasteiger partial charge in [-0.1, -0.05) is 0 Å². The van der Waals surface area contributed by atoms with Gasteiger partial charge in [0.2, 0.25) is 10.0 Å². The van der Waals surface area contributed by atoms with Crippen LogP contribution in [0.15, 0.2) is 42.6 Å². The zero-order valence-electron chi connectivity index (χ0n) is 11.6. The lowest BCUT2D eigenvalue weighted by atomic mass is 10.2. The van der Waals surface area contributed by atoms with Gasteiger partial charge in [0.05, 0.1) is 17.6 Å². The normalized spacial score (nSPS) is 11.0. The third-order valence-electron chi connectivity index (χ3n) is 2.71. The monoisotopic (exact) mass is 305 g/mol. The molecule has 0 saturated heterocycles. The van der Waals surface area contributed by atoms with Gasteiger partial charge in [0.1, 0.15) is 0 Å². The summed E-state index contributed by atoms with van der Waals surface area (Å²) in [4.78, 5) is 16.2. The molecular weight excluding hydrogens is 290 g/mol. The van der Waals surface area contributed by atoms with E-state index in [4.69, 9.17) is 0 Å². The molecule has 7 heteroatoms. The Morgan fingerprint density at radius 2 is 1.81 bits per heavy atom. The van der Waals surface area contributed by atoms with Gasteiger partial charge in [-0.25, -0.2) is 8.42 Å². The minimum atomic E-state index is -3.32. The number of hydrogen-bond acceptors (Lipinski definition) is 4. The summed E-state index contributed by atoms with van der Waals surface area (Å²) < 4.78 is 24.5. The van der Waals surface area contributed by atoms with Crippen molar-refractivity contribution in [2.45, 2.75) is 6.92 Å². The lowest BCUT2D eigenvalue weighted by Gasteiger charge is -2.08. The fourth-order valence-corrected chi connectivity index (χ4v) is 2.28. The van der Waals surface area contributed by atoms with E-state index in [1.54, 1.807) is 37.4 Å². The molecule has 1 aromatic carbocycles. The molecule has 6 nitrogen and oxygen atoms in total. The van der Waals surface area contributed by atoms with Gasteiger partial charge in [-0.05, 0) is 43.3 Å². The average molecular weight is 305 g/mol. The summed E-state index contributed by atoms with van der Waals surface area (Å²) in [7, 11) is -3.32. The summed E-state index contributed by atoms with van der Waals surface area (Å²) in [6, 6.07) is 9.67. The maximum atomic E-state index is 12.1. The number of aryl methyl sites for hydroxylation is 1. The Bertz CT molecular complexity index is 755. The van der Waals surface area contributed by atoms with Gasteiger partial charge in [-0.3, -0.25) is 14.5 Å². The van der Waals surface area contributed by atoms with Gasteiger partial charge < -0.3 is 5.32 Å². The van der Waals surface area contributed by atoms with E-state index in [2.05, 4.69) is 15.0 Å². The number of carbonyl (C=O) groups is 1. The third-order valence-corrected chi connectivity index (χ3v) is 3.31. The summed E-state index contributed by atoms with van der Waals surface area (Å²) in [5.41, 5.74) is 2.20. The van der Waals surface area contributed by atoms with E-state index >= 15 is 0 Å². The van der Waals surface area contributed by atoms with Crippen LogP contribution in [0.1, 0.15) is 16.1 Å². The second-order valence-corrected chi connectivity index (χ2v) is 6.29. The fraction of sp³-hybridized carbons (Fsp3) is 0.143. The van der Waals surface area contributed by atoms with Crippen molar-refractivity contribution < 1.29 is 13.2 Å². The Kier molecular flexibility index (Phi) is 4.23. The van der Waals surface area contributed by atoms with Crippen LogP contribution in [0.4, 0.5) is 11.4 Å². The molecule has 0 radical (unpaired) electrons. The van der Waals surface area contributed by atoms with Gasteiger partial charge in [0.15, 0.2) is 0 Å². The largest absolute Gasteiger partial charge is 0.320 e. The first-order chi connectivity index (χ1) is 9.85. The minimum absolute atomic E-state index is 0.281. The zero-order chi connectivity index (χ0) is 15.5. The molecule has 2 aromatic rings. The molecule has 0 unspecified atom stereocenters. The highest BCUT2D eigenvalue weighted by molar-refractivity contribution is 7.92. The molecule has 0 aliphatic heterocycles. The predicted octanol–water partition coefficient (Wildman–Crippen LogP) is 2.01. The van der Waals surface area contributed by atoms with Gasteiger partial charge in [0.25, 0.3) is 5.91 Å². The molecule has 0 bridgehead atoms. The summed E-state index contributed by atoms with van der Waals surface area (Å²) in [5, 5.41) is 2.75. The van der Waals surface area contributed by atoms with Crippen molar-refractivity contribution in [2.24, 2.45) is 0 Å². The van der Waals surface area contributed by atoms with E-state index < -0.39 is 10.0 Å². The third kappa shape index (κ3) is 4.28. The second kappa shape index (κ2) is 5.92. The van der Waals surface area contributed by atoms with Crippen LogP contribution < -0.4 is 10.0 Å². The zero-order valence-corrected chi connectivity index (χ0v) is 12.4. The van der Waals surface area contributed by atoms with E-state index in [0.29, 0.717) is 16.9 Å². The number of nitrogens with zero attached hydrogens (tertiary/aromatic N) is 1. The number of sulfonamides is 1. The lowest BCUT2D eigenvalue weighted by Crippen LogP contribution is -2.13. The van der Waals surface area contributed by atoms with Crippen molar-refractivity contribution in [1.82, 2.24) is 4.98 Å². The molecule has 0 saturated carbocycles. The number of anilines is 2. The van der Waals surface area contributed by atoms with Crippen LogP contribution in [0, 0.1) is 6.92 Å². The molecule has 110 valence electrons. The molecule has 1 amide bonds. The van der Waals surface area contributed by atoms with Crippen LogP contribution in [0.2, 0.25) is 0 Å². The lowest BCUT2D eigenvalue weighted by molar-refractivity contribution is 0.102. The van der Waals surface area contributed by atoms with Gasteiger partial charge in [-0.2, -0.15) is 0 Å². The molecule has 0 spiro atoms. The van der Waals surface area contributed by atoms with Crippen molar-refractivity contribution in [2.75, 3.05) is 16.3 Å². The Balaban J connectivity index is 2.12. The Morgan fingerprint density at radius 3 is 2.38 bits per heavy atom. The first-order valence-electron chi connectivity index (χ1n) is 6.16. The highest BCUT2D eigenvalue weighted by atomic mass is 32.2. The maximum absolute atomic E-state index is 12.1. The first-order valence-corrected chi connectivity index (χ1v) is 8.05. The Hall–Kier alpha value is -2.41. The Morgan fingerprint density at radius 1 is 1.14 bits per heavy atom. The van der Waals surface area contributed by atoms with E-state index in [0.717, 1.165) is 11.9 Å². The molecule has 2 rings (SSSR count). The summed E-state index contributed by atoms with van der Waals surface area (Å²) in [6.07, 6.45) is 2.72. The number of benzene rings is 1. The van der Waals surface area contributed by atoms with Crippen LogP contribution in [0.5, 0.6) is 0 Å². The molecule has 1 aromatic heterocycles. The minimum Gasteiger partial charge on any atom is -0.320 e. The number of aromatic nitrogens is 1. The molecular formula is C14H15N3O3S. The number of rotatable bonds is 4. The SMILES string of the molecule is Cc1ncccc1NC(=O)c1ccc(NS(C)(=O)=O)cc1. The second-order valence-electron chi connectivity index (χ2n) is 4.54. The smallest absolute Gasteiger partial charge is 0.255 e. The number of hydrogen-bond donors (Lipinski definition) is 2.